The second kappa shape index (κ2) is 10.7. The minimum atomic E-state index is -0.443. The van der Waals surface area contributed by atoms with Gasteiger partial charge in [0.1, 0.15) is 11.8 Å². The van der Waals surface area contributed by atoms with Crippen molar-refractivity contribution >= 4 is 11.8 Å². The van der Waals surface area contributed by atoms with Gasteiger partial charge in [-0.2, -0.15) is 0 Å². The van der Waals surface area contributed by atoms with Crippen molar-refractivity contribution in [2.24, 2.45) is 0 Å². The highest BCUT2D eigenvalue weighted by molar-refractivity contribution is 5.87. The lowest BCUT2D eigenvalue weighted by Gasteiger charge is -2.30. The number of carbonyl (C=O) groups excluding carboxylic acids is 2. The molecule has 0 saturated heterocycles. The first kappa shape index (κ1) is 20.0. The molecule has 1 aromatic rings. The molecule has 1 unspecified atom stereocenters. The Balaban J connectivity index is 3.00. The molecule has 0 aliphatic heterocycles. The summed E-state index contributed by atoms with van der Waals surface area (Å²) in [5.74, 6) is 0.685. The van der Waals surface area contributed by atoms with E-state index in [0.717, 1.165) is 24.2 Å². The number of carbonyl (C=O) groups is 2. The summed E-state index contributed by atoms with van der Waals surface area (Å²) in [5, 5.41) is 2.91. The van der Waals surface area contributed by atoms with Crippen molar-refractivity contribution < 1.29 is 14.3 Å². The van der Waals surface area contributed by atoms with Crippen molar-refractivity contribution in [3.05, 3.63) is 29.8 Å². The smallest absolute Gasteiger partial charge is 0.242 e. The van der Waals surface area contributed by atoms with Crippen LogP contribution in [-0.2, 0) is 16.1 Å². The Morgan fingerprint density at radius 1 is 1.21 bits per heavy atom. The van der Waals surface area contributed by atoms with Gasteiger partial charge in [0.15, 0.2) is 0 Å². The van der Waals surface area contributed by atoms with Crippen LogP contribution in [0.15, 0.2) is 24.3 Å². The van der Waals surface area contributed by atoms with Gasteiger partial charge in [-0.15, -0.1) is 0 Å². The fraction of sp³-hybridized carbons (Fsp3) is 0.579. The molecule has 1 N–H and O–H groups in total. The average Bonchev–Trinajstić information content (AvgIpc) is 2.60. The van der Waals surface area contributed by atoms with E-state index in [0.29, 0.717) is 25.9 Å². The lowest BCUT2D eigenvalue weighted by molar-refractivity contribution is -0.141. The van der Waals surface area contributed by atoms with E-state index < -0.39 is 6.04 Å². The molecule has 0 fully saturated rings. The second-order valence-corrected chi connectivity index (χ2v) is 5.84. The summed E-state index contributed by atoms with van der Waals surface area (Å²) in [6.45, 7) is 6.96. The molecule has 134 valence electrons. The van der Waals surface area contributed by atoms with Gasteiger partial charge in [0, 0.05) is 19.5 Å². The third-order valence-corrected chi connectivity index (χ3v) is 3.89. The molecule has 1 aromatic carbocycles. The lowest BCUT2D eigenvalue weighted by atomic mass is 10.1. The number of rotatable bonds is 10. The van der Waals surface area contributed by atoms with Crippen molar-refractivity contribution in [3.63, 3.8) is 0 Å². The number of hydrogen-bond donors (Lipinski definition) is 1. The largest absolute Gasteiger partial charge is 0.497 e. The zero-order chi connectivity index (χ0) is 17.9. The van der Waals surface area contributed by atoms with Gasteiger partial charge in [-0.05, 0) is 37.0 Å². The molecule has 5 nitrogen and oxygen atoms in total. The minimum Gasteiger partial charge on any atom is -0.497 e. The monoisotopic (exact) mass is 334 g/mol. The second-order valence-electron chi connectivity index (χ2n) is 5.84. The Morgan fingerprint density at radius 2 is 1.96 bits per heavy atom. The highest BCUT2D eigenvalue weighted by atomic mass is 16.5. The normalized spacial score (nSPS) is 11.7. The number of nitrogens with zero attached hydrogens (tertiary/aromatic N) is 1. The summed E-state index contributed by atoms with van der Waals surface area (Å²) in [6, 6.07) is 7.18. The number of amides is 2. The van der Waals surface area contributed by atoms with Gasteiger partial charge in [0.25, 0.3) is 0 Å². The van der Waals surface area contributed by atoms with Crippen LogP contribution in [-0.4, -0.2) is 36.4 Å². The molecule has 1 atom stereocenters. The summed E-state index contributed by atoms with van der Waals surface area (Å²) < 4.78 is 5.25. The van der Waals surface area contributed by atoms with E-state index in [2.05, 4.69) is 5.32 Å². The molecule has 0 aliphatic carbocycles. The highest BCUT2D eigenvalue weighted by Crippen LogP contribution is 2.18. The molecule has 0 aromatic heterocycles. The molecular weight excluding hydrogens is 304 g/mol. The van der Waals surface area contributed by atoms with Crippen molar-refractivity contribution in [2.75, 3.05) is 13.7 Å². The predicted molar refractivity (Wildman–Crippen MR) is 95.8 cm³/mol. The van der Waals surface area contributed by atoms with E-state index in [1.54, 1.807) is 12.0 Å². The van der Waals surface area contributed by atoms with Crippen LogP contribution in [0, 0.1) is 0 Å². The van der Waals surface area contributed by atoms with Crippen LogP contribution in [0.2, 0.25) is 0 Å². The SMILES string of the molecule is CCCNC(=O)C(CC)N(Cc1cccc(OC)c1)C(=O)CCC. The molecule has 0 heterocycles. The van der Waals surface area contributed by atoms with Gasteiger partial charge in [0.05, 0.1) is 7.11 Å². The van der Waals surface area contributed by atoms with E-state index in [9.17, 15) is 9.59 Å². The Labute approximate surface area is 145 Å². The first-order valence-corrected chi connectivity index (χ1v) is 8.77. The van der Waals surface area contributed by atoms with Crippen LogP contribution in [0.3, 0.4) is 0 Å². The number of nitrogens with one attached hydrogen (secondary N) is 1. The molecule has 0 saturated carbocycles. The van der Waals surface area contributed by atoms with Gasteiger partial charge in [-0.3, -0.25) is 9.59 Å². The van der Waals surface area contributed by atoms with E-state index in [1.165, 1.54) is 0 Å². The number of hydrogen-bond acceptors (Lipinski definition) is 3. The van der Waals surface area contributed by atoms with E-state index >= 15 is 0 Å². The third kappa shape index (κ3) is 5.87. The lowest BCUT2D eigenvalue weighted by Crippen LogP contribution is -2.49. The summed E-state index contributed by atoms with van der Waals surface area (Å²) in [6.07, 6.45) is 2.68. The van der Waals surface area contributed by atoms with Crippen LogP contribution in [0.5, 0.6) is 5.75 Å². The van der Waals surface area contributed by atoms with Crippen molar-refractivity contribution in [1.82, 2.24) is 10.2 Å². The zero-order valence-electron chi connectivity index (χ0n) is 15.3. The maximum atomic E-state index is 12.6. The van der Waals surface area contributed by atoms with Crippen molar-refractivity contribution in [1.29, 1.82) is 0 Å². The fourth-order valence-corrected chi connectivity index (χ4v) is 2.61. The van der Waals surface area contributed by atoms with Crippen LogP contribution in [0.4, 0.5) is 0 Å². The quantitative estimate of drug-likeness (QED) is 0.715. The molecule has 1 rings (SSSR count). The van der Waals surface area contributed by atoms with Crippen LogP contribution >= 0.6 is 0 Å². The number of benzene rings is 1. The predicted octanol–water partition coefficient (Wildman–Crippen LogP) is 3.13. The number of ether oxygens (including phenoxy) is 1. The molecule has 0 spiro atoms. The van der Waals surface area contributed by atoms with Crippen LogP contribution in [0.25, 0.3) is 0 Å². The molecule has 5 heteroatoms. The molecule has 0 bridgehead atoms. The Bertz CT molecular complexity index is 531. The maximum absolute atomic E-state index is 12.6. The standard InChI is InChI=1S/C19H30N2O3/c1-5-9-18(22)21(17(7-3)19(23)20-12-6-2)14-15-10-8-11-16(13-15)24-4/h8,10-11,13,17H,5-7,9,12,14H2,1-4H3,(H,20,23). The van der Waals surface area contributed by atoms with Crippen molar-refractivity contribution in [3.8, 4) is 5.75 Å². The molecule has 0 radical (unpaired) electrons. The van der Waals surface area contributed by atoms with Crippen LogP contribution < -0.4 is 10.1 Å². The topological polar surface area (TPSA) is 58.6 Å². The zero-order valence-corrected chi connectivity index (χ0v) is 15.3. The van der Waals surface area contributed by atoms with Gasteiger partial charge in [0.2, 0.25) is 11.8 Å². The van der Waals surface area contributed by atoms with Gasteiger partial charge < -0.3 is 15.0 Å². The van der Waals surface area contributed by atoms with Gasteiger partial charge in [-0.25, -0.2) is 0 Å². The Kier molecular flexibility index (Phi) is 8.90. The molecule has 0 aliphatic rings. The minimum absolute atomic E-state index is 0.0128. The van der Waals surface area contributed by atoms with Crippen molar-refractivity contribution in [2.45, 2.75) is 59.0 Å². The Hall–Kier alpha value is -2.04. The third-order valence-electron chi connectivity index (χ3n) is 3.89. The average molecular weight is 334 g/mol. The maximum Gasteiger partial charge on any atom is 0.242 e. The molecule has 2 amide bonds. The van der Waals surface area contributed by atoms with E-state index in [1.807, 2.05) is 45.0 Å². The summed E-state index contributed by atoms with van der Waals surface area (Å²) in [5.41, 5.74) is 0.959. The summed E-state index contributed by atoms with van der Waals surface area (Å²) in [7, 11) is 1.62. The van der Waals surface area contributed by atoms with E-state index in [4.69, 9.17) is 4.74 Å². The van der Waals surface area contributed by atoms with E-state index in [-0.39, 0.29) is 11.8 Å². The summed E-state index contributed by atoms with van der Waals surface area (Å²) in [4.78, 5) is 26.8. The number of methoxy groups -OCH3 is 1. The fourth-order valence-electron chi connectivity index (χ4n) is 2.61. The van der Waals surface area contributed by atoms with Crippen LogP contribution in [0.1, 0.15) is 52.0 Å². The first-order valence-electron chi connectivity index (χ1n) is 8.77. The Morgan fingerprint density at radius 3 is 2.54 bits per heavy atom. The molecular formula is C19H30N2O3. The van der Waals surface area contributed by atoms with Gasteiger partial charge >= 0.3 is 0 Å². The highest BCUT2D eigenvalue weighted by Gasteiger charge is 2.27. The van der Waals surface area contributed by atoms with Gasteiger partial charge in [-0.1, -0.05) is 32.9 Å². The summed E-state index contributed by atoms with van der Waals surface area (Å²) >= 11 is 0. The molecule has 24 heavy (non-hydrogen) atoms. The first-order chi connectivity index (χ1) is 11.6.